The van der Waals surface area contributed by atoms with Gasteiger partial charge < -0.3 is 10.4 Å². The third-order valence-corrected chi connectivity index (χ3v) is 3.08. The third kappa shape index (κ3) is 3.68. The van der Waals surface area contributed by atoms with E-state index in [9.17, 15) is 4.79 Å². The van der Waals surface area contributed by atoms with Crippen LogP contribution in [0, 0.1) is 0 Å². The predicted molar refractivity (Wildman–Crippen MR) is 76.7 cm³/mol. The number of hydrogen-bond donors (Lipinski definition) is 2. The normalized spacial score (nSPS) is 12.2. The second kappa shape index (κ2) is 6.86. The Morgan fingerprint density at radius 2 is 2.15 bits per heavy atom. The van der Waals surface area contributed by atoms with E-state index in [1.807, 2.05) is 43.5 Å². The van der Waals surface area contributed by atoms with Crippen molar-refractivity contribution >= 4 is 5.97 Å². The first-order valence-corrected chi connectivity index (χ1v) is 6.76. The first-order chi connectivity index (χ1) is 9.70. The predicted octanol–water partition coefficient (Wildman–Crippen LogP) is 2.22. The van der Waals surface area contributed by atoms with Crippen LogP contribution in [0.2, 0.25) is 0 Å². The number of carboxylic acid groups (broad SMARTS) is 1. The van der Waals surface area contributed by atoms with Crippen LogP contribution in [0.1, 0.15) is 25.3 Å². The molecule has 1 aromatic heterocycles. The van der Waals surface area contributed by atoms with Crippen molar-refractivity contribution in [3.05, 3.63) is 48.3 Å². The molecule has 2 N–H and O–H groups in total. The van der Waals surface area contributed by atoms with Gasteiger partial charge in [-0.25, -0.2) is 4.68 Å². The maximum Gasteiger partial charge on any atom is 0.320 e. The lowest BCUT2D eigenvalue weighted by atomic mass is 10.1. The molecule has 1 unspecified atom stereocenters. The van der Waals surface area contributed by atoms with Crippen molar-refractivity contribution in [2.24, 2.45) is 0 Å². The molecular weight excluding hydrogens is 254 g/mol. The lowest BCUT2D eigenvalue weighted by Crippen LogP contribution is -2.35. The SMILES string of the molecule is CCCC(NCc1cnn(-c2ccccc2)c1)C(=O)O. The standard InChI is InChI=1S/C15H19N3O2/c1-2-6-14(15(19)20)16-9-12-10-17-18(11-12)13-7-4-3-5-8-13/h3-5,7-8,10-11,14,16H,2,6,9H2,1H3,(H,19,20). The van der Waals surface area contributed by atoms with Crippen LogP contribution in [0.25, 0.3) is 5.69 Å². The van der Waals surface area contributed by atoms with Gasteiger partial charge in [0.1, 0.15) is 6.04 Å². The van der Waals surface area contributed by atoms with Crippen molar-refractivity contribution in [2.75, 3.05) is 0 Å². The van der Waals surface area contributed by atoms with Gasteiger partial charge in [0.05, 0.1) is 11.9 Å². The van der Waals surface area contributed by atoms with Crippen molar-refractivity contribution in [3.63, 3.8) is 0 Å². The summed E-state index contributed by atoms with van der Waals surface area (Å²) < 4.78 is 1.78. The Kier molecular flexibility index (Phi) is 4.90. The fraction of sp³-hybridized carbons (Fsp3) is 0.333. The van der Waals surface area contributed by atoms with Gasteiger partial charge in [-0.3, -0.25) is 4.79 Å². The van der Waals surface area contributed by atoms with Crippen LogP contribution in [-0.2, 0) is 11.3 Å². The number of aliphatic carboxylic acids is 1. The van der Waals surface area contributed by atoms with Crippen LogP contribution < -0.4 is 5.32 Å². The maximum absolute atomic E-state index is 11.1. The molecule has 0 saturated heterocycles. The number of aromatic nitrogens is 2. The minimum Gasteiger partial charge on any atom is -0.480 e. The quantitative estimate of drug-likeness (QED) is 0.811. The summed E-state index contributed by atoms with van der Waals surface area (Å²) in [6.07, 6.45) is 5.13. The zero-order valence-corrected chi connectivity index (χ0v) is 11.5. The van der Waals surface area contributed by atoms with Gasteiger partial charge in [-0.15, -0.1) is 0 Å². The smallest absolute Gasteiger partial charge is 0.320 e. The molecule has 0 bridgehead atoms. The van der Waals surface area contributed by atoms with Crippen molar-refractivity contribution in [1.82, 2.24) is 15.1 Å². The highest BCUT2D eigenvalue weighted by atomic mass is 16.4. The number of nitrogens with one attached hydrogen (secondary N) is 1. The Labute approximate surface area is 118 Å². The highest BCUT2D eigenvalue weighted by molar-refractivity contribution is 5.73. The van der Waals surface area contributed by atoms with Crippen LogP contribution in [0.4, 0.5) is 0 Å². The fourth-order valence-corrected chi connectivity index (χ4v) is 2.02. The molecule has 0 aliphatic rings. The van der Waals surface area contributed by atoms with Gasteiger partial charge in [0, 0.05) is 18.3 Å². The molecule has 0 aliphatic carbocycles. The number of carboxylic acids is 1. The van der Waals surface area contributed by atoms with Crippen LogP contribution in [-0.4, -0.2) is 26.9 Å². The topological polar surface area (TPSA) is 67.2 Å². The minimum absolute atomic E-state index is 0.500. The number of rotatable bonds is 7. The Balaban J connectivity index is 1.98. The van der Waals surface area contributed by atoms with Gasteiger partial charge in [-0.05, 0) is 18.6 Å². The monoisotopic (exact) mass is 273 g/mol. The van der Waals surface area contributed by atoms with Gasteiger partial charge >= 0.3 is 5.97 Å². The first-order valence-electron chi connectivity index (χ1n) is 6.76. The fourth-order valence-electron chi connectivity index (χ4n) is 2.02. The summed E-state index contributed by atoms with van der Waals surface area (Å²) >= 11 is 0. The number of nitrogens with zero attached hydrogens (tertiary/aromatic N) is 2. The summed E-state index contributed by atoms with van der Waals surface area (Å²) in [6.45, 7) is 2.48. The van der Waals surface area contributed by atoms with Crippen molar-refractivity contribution in [3.8, 4) is 5.69 Å². The zero-order chi connectivity index (χ0) is 14.4. The Bertz CT molecular complexity index is 551. The molecule has 2 aromatic rings. The molecule has 20 heavy (non-hydrogen) atoms. The molecule has 5 nitrogen and oxygen atoms in total. The van der Waals surface area contributed by atoms with Crippen molar-refractivity contribution < 1.29 is 9.90 Å². The lowest BCUT2D eigenvalue weighted by Gasteiger charge is -2.12. The van der Waals surface area contributed by atoms with Crippen molar-refractivity contribution in [1.29, 1.82) is 0 Å². The number of para-hydroxylation sites is 1. The molecule has 106 valence electrons. The molecule has 0 radical (unpaired) electrons. The summed E-state index contributed by atoms with van der Waals surface area (Å²) in [5, 5.41) is 16.4. The number of benzene rings is 1. The minimum atomic E-state index is -0.803. The van der Waals surface area contributed by atoms with Crippen LogP contribution in [0.3, 0.4) is 0 Å². The molecule has 1 heterocycles. The molecule has 0 fully saturated rings. The molecule has 0 amide bonds. The molecule has 0 spiro atoms. The molecule has 1 atom stereocenters. The van der Waals surface area contributed by atoms with Crippen molar-refractivity contribution in [2.45, 2.75) is 32.4 Å². The van der Waals surface area contributed by atoms with Gasteiger partial charge in [-0.1, -0.05) is 31.5 Å². The molecule has 2 rings (SSSR count). The van der Waals surface area contributed by atoms with E-state index in [0.717, 1.165) is 17.7 Å². The summed E-state index contributed by atoms with van der Waals surface area (Å²) in [7, 11) is 0. The Hall–Kier alpha value is -2.14. The Morgan fingerprint density at radius 3 is 2.80 bits per heavy atom. The van der Waals surface area contributed by atoms with Gasteiger partial charge in [0.2, 0.25) is 0 Å². The zero-order valence-electron chi connectivity index (χ0n) is 11.5. The van der Waals surface area contributed by atoms with E-state index in [1.54, 1.807) is 10.9 Å². The maximum atomic E-state index is 11.1. The van der Waals surface area contributed by atoms with E-state index in [0.29, 0.717) is 13.0 Å². The highest BCUT2D eigenvalue weighted by Crippen LogP contribution is 2.08. The largest absolute Gasteiger partial charge is 0.480 e. The van der Waals surface area contributed by atoms with Crippen LogP contribution in [0.5, 0.6) is 0 Å². The average Bonchev–Trinajstić information content (AvgIpc) is 2.93. The van der Waals surface area contributed by atoms with E-state index in [4.69, 9.17) is 5.11 Å². The van der Waals surface area contributed by atoms with E-state index >= 15 is 0 Å². The van der Waals surface area contributed by atoms with E-state index in [2.05, 4.69) is 10.4 Å². The van der Waals surface area contributed by atoms with Crippen LogP contribution >= 0.6 is 0 Å². The molecular formula is C15H19N3O2. The van der Waals surface area contributed by atoms with E-state index in [1.165, 1.54) is 0 Å². The average molecular weight is 273 g/mol. The van der Waals surface area contributed by atoms with E-state index < -0.39 is 12.0 Å². The lowest BCUT2D eigenvalue weighted by molar-refractivity contribution is -0.139. The second-order valence-corrected chi connectivity index (χ2v) is 4.69. The molecule has 5 heteroatoms. The third-order valence-electron chi connectivity index (χ3n) is 3.08. The summed E-state index contributed by atoms with van der Waals surface area (Å²) in [6, 6.07) is 9.31. The Morgan fingerprint density at radius 1 is 1.40 bits per heavy atom. The summed E-state index contributed by atoms with van der Waals surface area (Å²) in [5.74, 6) is -0.803. The highest BCUT2D eigenvalue weighted by Gasteiger charge is 2.15. The molecule has 0 aliphatic heterocycles. The molecule has 1 aromatic carbocycles. The van der Waals surface area contributed by atoms with Crippen LogP contribution in [0.15, 0.2) is 42.7 Å². The molecule has 0 saturated carbocycles. The van der Waals surface area contributed by atoms with Gasteiger partial charge in [0.25, 0.3) is 0 Å². The van der Waals surface area contributed by atoms with Gasteiger partial charge in [-0.2, -0.15) is 5.10 Å². The van der Waals surface area contributed by atoms with E-state index in [-0.39, 0.29) is 0 Å². The first kappa shape index (κ1) is 14.3. The number of carbonyl (C=O) groups is 1. The summed E-state index contributed by atoms with van der Waals surface area (Å²) in [4.78, 5) is 11.1. The second-order valence-electron chi connectivity index (χ2n) is 4.69. The van der Waals surface area contributed by atoms with Gasteiger partial charge in [0.15, 0.2) is 0 Å². The summed E-state index contributed by atoms with van der Waals surface area (Å²) in [5.41, 5.74) is 1.96. The number of hydrogen-bond acceptors (Lipinski definition) is 3.